The Kier molecular flexibility index (Phi) is 6.81. The number of hydrogen-bond donors (Lipinski definition) is 3. The molecule has 7 nitrogen and oxygen atoms in total. The minimum absolute atomic E-state index is 0.0937. The Hall–Kier alpha value is -3.65. The number of piperidine rings is 1. The lowest BCUT2D eigenvalue weighted by Crippen LogP contribution is -2.49. The van der Waals surface area contributed by atoms with E-state index in [2.05, 4.69) is 16.0 Å². The smallest absolute Gasteiger partial charge is 0.323 e. The van der Waals surface area contributed by atoms with Crippen LogP contribution in [-0.2, 0) is 4.79 Å². The van der Waals surface area contributed by atoms with E-state index in [1.807, 2.05) is 29.6 Å². The number of anilines is 3. The zero-order valence-corrected chi connectivity index (χ0v) is 18.2. The lowest BCUT2D eigenvalue weighted by Gasteiger charge is -2.34. The van der Waals surface area contributed by atoms with Gasteiger partial charge in [-0.3, -0.25) is 9.59 Å². The van der Waals surface area contributed by atoms with Gasteiger partial charge in [-0.05, 0) is 67.1 Å². The van der Waals surface area contributed by atoms with E-state index in [1.165, 1.54) is 11.3 Å². The van der Waals surface area contributed by atoms with Gasteiger partial charge in [0.2, 0.25) is 5.91 Å². The fourth-order valence-corrected chi connectivity index (χ4v) is 4.35. The molecule has 0 spiro atoms. The highest BCUT2D eigenvalue weighted by Gasteiger charge is 2.33. The largest absolute Gasteiger partial charge is 0.326 e. The molecule has 2 heterocycles. The van der Waals surface area contributed by atoms with E-state index >= 15 is 0 Å². The summed E-state index contributed by atoms with van der Waals surface area (Å²) in [5.41, 5.74) is 1.91. The summed E-state index contributed by atoms with van der Waals surface area (Å²) in [6, 6.07) is 18.8. The monoisotopic (exact) mass is 448 g/mol. The van der Waals surface area contributed by atoms with Crippen LogP contribution in [0, 0.1) is 0 Å². The third-order valence-corrected chi connectivity index (χ3v) is 6.10. The van der Waals surface area contributed by atoms with Crippen molar-refractivity contribution in [3.05, 3.63) is 77.0 Å². The van der Waals surface area contributed by atoms with Gasteiger partial charge >= 0.3 is 6.03 Å². The topological polar surface area (TPSA) is 90.5 Å². The molecule has 4 rings (SSSR count). The molecule has 1 fully saturated rings. The number of para-hydroxylation sites is 1. The summed E-state index contributed by atoms with van der Waals surface area (Å²) in [7, 11) is 0. The van der Waals surface area contributed by atoms with Gasteiger partial charge in [-0.15, -0.1) is 11.3 Å². The summed E-state index contributed by atoms with van der Waals surface area (Å²) in [5.74, 6) is -0.291. The molecule has 0 radical (unpaired) electrons. The first-order valence-corrected chi connectivity index (χ1v) is 11.4. The van der Waals surface area contributed by atoms with E-state index in [4.69, 9.17) is 0 Å². The summed E-state index contributed by atoms with van der Waals surface area (Å²) in [4.78, 5) is 40.2. The van der Waals surface area contributed by atoms with Gasteiger partial charge in [0.1, 0.15) is 6.04 Å². The number of nitrogens with one attached hydrogen (secondary N) is 3. The molecule has 8 heteroatoms. The minimum atomic E-state index is -0.493. The second-order valence-corrected chi connectivity index (χ2v) is 8.45. The number of thiophene rings is 1. The van der Waals surface area contributed by atoms with Gasteiger partial charge in [0.25, 0.3) is 5.91 Å². The molecule has 4 amide bonds. The Morgan fingerprint density at radius 3 is 2.09 bits per heavy atom. The molecule has 3 N–H and O–H groups in total. The van der Waals surface area contributed by atoms with Gasteiger partial charge in [0, 0.05) is 23.6 Å². The zero-order valence-electron chi connectivity index (χ0n) is 17.4. The van der Waals surface area contributed by atoms with Crippen LogP contribution in [0.5, 0.6) is 0 Å². The highest BCUT2D eigenvalue weighted by Crippen LogP contribution is 2.23. The van der Waals surface area contributed by atoms with E-state index < -0.39 is 6.04 Å². The Morgan fingerprint density at radius 2 is 1.44 bits per heavy atom. The van der Waals surface area contributed by atoms with E-state index in [0.717, 1.165) is 12.8 Å². The first kappa shape index (κ1) is 21.6. The lowest BCUT2D eigenvalue weighted by atomic mass is 10.0. The molecular formula is C24H24N4O3S. The molecule has 32 heavy (non-hydrogen) atoms. The van der Waals surface area contributed by atoms with Gasteiger partial charge < -0.3 is 20.9 Å². The fraction of sp³-hybridized carbons (Fsp3) is 0.208. The van der Waals surface area contributed by atoms with Crippen LogP contribution in [0.15, 0.2) is 72.1 Å². The maximum Gasteiger partial charge on any atom is 0.323 e. The molecule has 1 aliphatic rings. The van der Waals surface area contributed by atoms with Crippen molar-refractivity contribution in [1.82, 2.24) is 4.90 Å². The van der Waals surface area contributed by atoms with Crippen molar-refractivity contribution < 1.29 is 14.4 Å². The van der Waals surface area contributed by atoms with Crippen LogP contribution in [0.25, 0.3) is 0 Å². The molecule has 1 unspecified atom stereocenters. The van der Waals surface area contributed by atoms with Gasteiger partial charge in [-0.2, -0.15) is 0 Å². The lowest BCUT2D eigenvalue weighted by molar-refractivity contribution is -0.121. The van der Waals surface area contributed by atoms with Crippen LogP contribution in [-0.4, -0.2) is 35.3 Å². The van der Waals surface area contributed by atoms with Crippen LogP contribution in [0.1, 0.15) is 28.9 Å². The number of nitrogens with zero attached hydrogens (tertiary/aromatic N) is 1. The summed E-state index contributed by atoms with van der Waals surface area (Å²) >= 11 is 1.39. The van der Waals surface area contributed by atoms with Crippen molar-refractivity contribution in [3.63, 3.8) is 0 Å². The minimum Gasteiger partial charge on any atom is -0.326 e. The number of benzene rings is 2. The third kappa shape index (κ3) is 5.33. The maximum atomic E-state index is 12.9. The molecule has 1 saturated heterocycles. The van der Waals surface area contributed by atoms with Crippen LogP contribution in [0.3, 0.4) is 0 Å². The van der Waals surface area contributed by atoms with Crippen molar-refractivity contribution >= 4 is 46.2 Å². The Morgan fingerprint density at radius 1 is 0.781 bits per heavy atom. The molecular weight excluding hydrogens is 424 g/mol. The number of carbonyl (C=O) groups is 3. The molecule has 1 aliphatic heterocycles. The Bertz CT molecular complexity index is 1070. The number of hydrogen-bond acceptors (Lipinski definition) is 4. The van der Waals surface area contributed by atoms with Gasteiger partial charge in [0.05, 0.1) is 4.88 Å². The number of amides is 4. The molecule has 0 bridgehead atoms. The van der Waals surface area contributed by atoms with Crippen LogP contribution < -0.4 is 16.0 Å². The average Bonchev–Trinajstić information content (AvgIpc) is 3.35. The first-order chi connectivity index (χ1) is 15.6. The number of rotatable bonds is 5. The van der Waals surface area contributed by atoms with Crippen LogP contribution in [0.4, 0.5) is 21.9 Å². The van der Waals surface area contributed by atoms with Crippen molar-refractivity contribution in [2.24, 2.45) is 0 Å². The summed E-state index contributed by atoms with van der Waals surface area (Å²) in [5, 5.41) is 10.3. The van der Waals surface area contributed by atoms with Gasteiger partial charge in [-0.25, -0.2) is 4.79 Å². The molecule has 0 aliphatic carbocycles. The van der Waals surface area contributed by atoms with Crippen LogP contribution >= 0.6 is 11.3 Å². The Labute approximate surface area is 190 Å². The highest BCUT2D eigenvalue weighted by atomic mass is 32.1. The van der Waals surface area contributed by atoms with Gasteiger partial charge in [-0.1, -0.05) is 24.3 Å². The molecule has 2 aromatic carbocycles. The summed E-state index contributed by atoms with van der Waals surface area (Å²) in [6.45, 7) is 0.578. The average molecular weight is 449 g/mol. The second-order valence-electron chi connectivity index (χ2n) is 7.50. The molecule has 3 aromatic rings. The van der Waals surface area contributed by atoms with E-state index in [9.17, 15) is 14.4 Å². The van der Waals surface area contributed by atoms with Gasteiger partial charge in [0.15, 0.2) is 0 Å². The predicted molar refractivity (Wildman–Crippen MR) is 127 cm³/mol. The quantitative estimate of drug-likeness (QED) is 0.512. The van der Waals surface area contributed by atoms with E-state index in [1.54, 1.807) is 47.4 Å². The van der Waals surface area contributed by atoms with Crippen LogP contribution in [0.2, 0.25) is 0 Å². The highest BCUT2D eigenvalue weighted by molar-refractivity contribution is 7.12. The van der Waals surface area contributed by atoms with Crippen molar-refractivity contribution in [2.45, 2.75) is 25.3 Å². The third-order valence-electron chi connectivity index (χ3n) is 5.24. The molecule has 0 saturated carbocycles. The second kappa shape index (κ2) is 10.1. The number of urea groups is 1. The van der Waals surface area contributed by atoms with Crippen molar-refractivity contribution in [3.8, 4) is 0 Å². The standard InChI is InChI=1S/C24H24N4O3S/c29-22(20-9-4-5-15-28(20)23(30)21-10-6-16-32-21)25-18-11-13-19(14-12-18)27-24(31)26-17-7-2-1-3-8-17/h1-3,6-8,10-14,16,20H,4-5,9,15H2,(H,25,29)(H2,26,27,31). The van der Waals surface area contributed by atoms with Crippen molar-refractivity contribution in [2.75, 3.05) is 22.5 Å². The molecule has 1 aromatic heterocycles. The normalized spacial score (nSPS) is 15.6. The molecule has 164 valence electrons. The first-order valence-electron chi connectivity index (χ1n) is 10.5. The SMILES string of the molecule is O=C(Nc1ccccc1)Nc1ccc(NC(=O)C2CCCCN2C(=O)c2cccs2)cc1. The predicted octanol–water partition coefficient (Wildman–Crippen LogP) is 5.03. The summed E-state index contributed by atoms with van der Waals surface area (Å²) < 4.78 is 0. The van der Waals surface area contributed by atoms with Crippen molar-refractivity contribution in [1.29, 1.82) is 0 Å². The number of likely N-dealkylation sites (tertiary alicyclic amines) is 1. The number of carbonyl (C=O) groups excluding carboxylic acids is 3. The fourth-order valence-electron chi connectivity index (χ4n) is 3.67. The summed E-state index contributed by atoms with van der Waals surface area (Å²) in [6.07, 6.45) is 2.44. The van der Waals surface area contributed by atoms with E-state index in [-0.39, 0.29) is 17.8 Å². The zero-order chi connectivity index (χ0) is 22.3. The maximum absolute atomic E-state index is 12.9. The Balaban J connectivity index is 1.35. The van der Waals surface area contributed by atoms with E-state index in [0.29, 0.717) is 34.9 Å². The molecule has 1 atom stereocenters.